The van der Waals surface area contributed by atoms with Gasteiger partial charge in [0.15, 0.2) is 0 Å². The third-order valence-corrected chi connectivity index (χ3v) is 7.69. The highest BCUT2D eigenvalue weighted by Crippen LogP contribution is 2.31. The van der Waals surface area contributed by atoms with E-state index in [0.29, 0.717) is 43.3 Å². The lowest BCUT2D eigenvalue weighted by atomic mass is 10.0. The van der Waals surface area contributed by atoms with Crippen molar-refractivity contribution in [3.05, 3.63) is 46.2 Å². The number of rotatable bonds is 17. The molecular formula is C27H42N4O5S. The van der Waals surface area contributed by atoms with Gasteiger partial charge in [-0.1, -0.05) is 52.5 Å². The molecule has 0 radical (unpaired) electrons. The van der Waals surface area contributed by atoms with Crippen LogP contribution < -0.4 is 10.3 Å². The first-order valence-corrected chi connectivity index (χ1v) is 14.7. The lowest BCUT2D eigenvalue weighted by molar-refractivity contribution is 0.0928. The SMILES string of the molecule is CCCCC(CC)COCCCNS(=O)(=O)c1cccc(N=Nc2c(C)cc(=O)n(CCCC)c2O)c1. The average molecular weight is 535 g/mol. The van der Waals surface area contributed by atoms with Gasteiger partial charge in [-0.15, -0.1) is 5.11 Å². The number of aromatic nitrogens is 1. The number of benzene rings is 1. The molecule has 1 atom stereocenters. The highest BCUT2D eigenvalue weighted by molar-refractivity contribution is 7.89. The van der Waals surface area contributed by atoms with Crippen LogP contribution in [-0.4, -0.2) is 37.8 Å². The molecule has 37 heavy (non-hydrogen) atoms. The van der Waals surface area contributed by atoms with Crippen molar-refractivity contribution in [2.45, 2.75) is 84.1 Å². The van der Waals surface area contributed by atoms with E-state index in [0.717, 1.165) is 25.7 Å². The van der Waals surface area contributed by atoms with Crippen molar-refractivity contribution in [3.8, 4) is 5.88 Å². The number of ether oxygens (including phenoxy) is 1. The minimum Gasteiger partial charge on any atom is -0.493 e. The second-order valence-corrected chi connectivity index (χ2v) is 11.1. The molecule has 1 unspecified atom stereocenters. The zero-order valence-corrected chi connectivity index (χ0v) is 23.4. The number of nitrogens with one attached hydrogen (secondary N) is 1. The number of unbranched alkanes of at least 4 members (excludes halogenated alkanes) is 2. The molecule has 2 N–H and O–H groups in total. The third-order valence-electron chi connectivity index (χ3n) is 6.23. The zero-order chi connectivity index (χ0) is 27.3. The minimum absolute atomic E-state index is 0.0735. The standard InChI is InChI=1S/C27H42N4O5S/c1-5-8-12-22(7-3)20-36-17-11-15-28-37(34,35)24-14-10-13-23(19-24)29-30-26-21(4)18-25(32)31(27(26)33)16-9-6-2/h10,13-14,18-19,22,28,33H,5-9,11-12,15-17,20H2,1-4H3. The summed E-state index contributed by atoms with van der Waals surface area (Å²) in [5.41, 5.74) is 0.687. The number of pyridine rings is 1. The molecule has 1 aromatic heterocycles. The average Bonchev–Trinajstić information content (AvgIpc) is 2.87. The molecule has 0 aliphatic carbocycles. The number of aryl methyl sites for hydroxylation is 1. The molecule has 0 bridgehead atoms. The normalized spacial score (nSPS) is 12.9. The van der Waals surface area contributed by atoms with Gasteiger partial charge in [0.2, 0.25) is 15.9 Å². The minimum atomic E-state index is -3.73. The van der Waals surface area contributed by atoms with Gasteiger partial charge < -0.3 is 9.84 Å². The number of azo groups is 1. The van der Waals surface area contributed by atoms with E-state index >= 15 is 0 Å². The Balaban J connectivity index is 1.99. The van der Waals surface area contributed by atoms with Gasteiger partial charge in [0, 0.05) is 32.4 Å². The third kappa shape index (κ3) is 9.68. The van der Waals surface area contributed by atoms with Crippen molar-refractivity contribution < 1.29 is 18.3 Å². The van der Waals surface area contributed by atoms with Gasteiger partial charge in [0.05, 0.1) is 10.6 Å². The van der Waals surface area contributed by atoms with Crippen molar-refractivity contribution in [1.29, 1.82) is 0 Å². The monoisotopic (exact) mass is 534 g/mol. The van der Waals surface area contributed by atoms with Crippen LogP contribution in [0.3, 0.4) is 0 Å². The van der Waals surface area contributed by atoms with Crippen LogP contribution in [0.5, 0.6) is 5.88 Å². The van der Waals surface area contributed by atoms with Crippen LogP contribution in [-0.2, 0) is 21.3 Å². The fourth-order valence-electron chi connectivity index (χ4n) is 3.83. The molecule has 2 aromatic rings. The highest BCUT2D eigenvalue weighted by Gasteiger charge is 2.15. The maximum atomic E-state index is 12.8. The molecule has 9 nitrogen and oxygen atoms in total. The molecule has 0 amide bonds. The second-order valence-electron chi connectivity index (χ2n) is 9.28. The van der Waals surface area contributed by atoms with E-state index in [4.69, 9.17) is 4.74 Å². The quantitative estimate of drug-likeness (QED) is 0.191. The maximum Gasteiger partial charge on any atom is 0.253 e. The predicted molar refractivity (Wildman–Crippen MR) is 147 cm³/mol. The van der Waals surface area contributed by atoms with Crippen molar-refractivity contribution in [2.24, 2.45) is 16.1 Å². The lowest BCUT2D eigenvalue weighted by Crippen LogP contribution is -2.25. The molecular weight excluding hydrogens is 492 g/mol. The summed E-state index contributed by atoms with van der Waals surface area (Å²) >= 11 is 0. The van der Waals surface area contributed by atoms with Crippen LogP contribution >= 0.6 is 0 Å². The van der Waals surface area contributed by atoms with Crippen LogP contribution in [0.2, 0.25) is 0 Å². The van der Waals surface area contributed by atoms with Crippen LogP contribution in [0.15, 0.2) is 50.3 Å². The smallest absolute Gasteiger partial charge is 0.253 e. The van der Waals surface area contributed by atoms with E-state index in [1.807, 2.05) is 6.92 Å². The van der Waals surface area contributed by atoms with Crippen molar-refractivity contribution in [3.63, 3.8) is 0 Å². The molecule has 0 aliphatic rings. The molecule has 0 saturated heterocycles. The van der Waals surface area contributed by atoms with Gasteiger partial charge >= 0.3 is 0 Å². The van der Waals surface area contributed by atoms with E-state index in [-0.39, 0.29) is 28.6 Å². The van der Waals surface area contributed by atoms with Crippen LogP contribution in [0, 0.1) is 12.8 Å². The topological polar surface area (TPSA) is 122 Å². The van der Waals surface area contributed by atoms with Gasteiger partial charge in [-0.3, -0.25) is 9.36 Å². The Hall–Kier alpha value is -2.56. The first-order valence-electron chi connectivity index (χ1n) is 13.3. The molecule has 10 heteroatoms. The van der Waals surface area contributed by atoms with E-state index in [2.05, 4.69) is 28.8 Å². The summed E-state index contributed by atoms with van der Waals surface area (Å²) < 4.78 is 35.1. The van der Waals surface area contributed by atoms with Crippen molar-refractivity contribution in [2.75, 3.05) is 19.8 Å². The molecule has 1 aromatic carbocycles. The summed E-state index contributed by atoms with van der Waals surface area (Å²) in [5, 5.41) is 18.8. The molecule has 1 heterocycles. The van der Waals surface area contributed by atoms with E-state index in [1.54, 1.807) is 19.1 Å². The lowest BCUT2D eigenvalue weighted by Gasteiger charge is -2.14. The zero-order valence-electron chi connectivity index (χ0n) is 22.6. The highest BCUT2D eigenvalue weighted by atomic mass is 32.2. The summed E-state index contributed by atoms with van der Waals surface area (Å²) in [6, 6.07) is 7.53. The Morgan fingerprint density at radius 2 is 1.84 bits per heavy atom. The molecule has 0 spiro atoms. The first kappa shape index (κ1) is 30.7. The maximum absolute atomic E-state index is 12.8. The summed E-state index contributed by atoms with van der Waals surface area (Å²) in [5.74, 6) is 0.310. The first-order chi connectivity index (χ1) is 17.7. The van der Waals surface area contributed by atoms with Crippen molar-refractivity contribution in [1.82, 2.24) is 9.29 Å². The fraction of sp³-hybridized carbons (Fsp3) is 0.593. The van der Waals surface area contributed by atoms with Gasteiger partial charge in [-0.25, -0.2) is 13.1 Å². The van der Waals surface area contributed by atoms with Gasteiger partial charge in [0.1, 0.15) is 5.69 Å². The van der Waals surface area contributed by atoms with E-state index < -0.39 is 10.0 Å². The Morgan fingerprint density at radius 3 is 2.54 bits per heavy atom. The molecule has 0 aliphatic heterocycles. The Bertz CT molecular complexity index is 1180. The number of aromatic hydroxyl groups is 1. The van der Waals surface area contributed by atoms with Crippen LogP contribution in [0.4, 0.5) is 11.4 Å². The van der Waals surface area contributed by atoms with Crippen molar-refractivity contribution >= 4 is 21.4 Å². The Morgan fingerprint density at radius 1 is 1.08 bits per heavy atom. The van der Waals surface area contributed by atoms with Crippen LogP contribution in [0.1, 0.15) is 71.3 Å². The molecule has 2 rings (SSSR count). The second kappa shape index (κ2) is 15.6. The predicted octanol–water partition coefficient (Wildman–Crippen LogP) is 5.98. The largest absolute Gasteiger partial charge is 0.493 e. The molecule has 206 valence electrons. The van der Waals surface area contributed by atoms with Gasteiger partial charge in [0.25, 0.3) is 5.56 Å². The summed E-state index contributed by atoms with van der Waals surface area (Å²) in [6.45, 7) is 9.88. The van der Waals surface area contributed by atoms with Gasteiger partial charge in [-0.05, 0) is 55.9 Å². The summed E-state index contributed by atoms with van der Waals surface area (Å²) in [4.78, 5) is 12.3. The number of nitrogens with zero attached hydrogens (tertiary/aromatic N) is 3. The van der Waals surface area contributed by atoms with E-state index in [1.165, 1.54) is 35.6 Å². The molecule has 0 saturated carbocycles. The molecule has 0 fully saturated rings. The van der Waals surface area contributed by atoms with E-state index in [9.17, 15) is 18.3 Å². The van der Waals surface area contributed by atoms with Crippen LogP contribution in [0.25, 0.3) is 0 Å². The number of hydrogen-bond donors (Lipinski definition) is 2. The fourth-order valence-corrected chi connectivity index (χ4v) is 4.94. The summed E-state index contributed by atoms with van der Waals surface area (Å²) in [7, 11) is -3.73. The summed E-state index contributed by atoms with van der Waals surface area (Å²) in [6.07, 6.45) is 6.82. The number of hydrogen-bond acceptors (Lipinski definition) is 7. The Kier molecular flexibility index (Phi) is 13.0. The Labute approximate surface area is 221 Å². The van der Waals surface area contributed by atoms with Gasteiger partial charge in [-0.2, -0.15) is 5.11 Å². The number of sulfonamides is 1.